The molecule has 1 aliphatic rings. The molecule has 2 aromatic rings. The first kappa shape index (κ1) is 13.6. The summed E-state index contributed by atoms with van der Waals surface area (Å²) >= 11 is 1.70. The van der Waals surface area contributed by atoms with Crippen LogP contribution in [-0.2, 0) is 11.2 Å². The van der Waals surface area contributed by atoms with Crippen molar-refractivity contribution in [2.24, 2.45) is 0 Å². The lowest BCUT2D eigenvalue weighted by Crippen LogP contribution is -2.48. The van der Waals surface area contributed by atoms with Crippen LogP contribution in [-0.4, -0.2) is 35.3 Å². The van der Waals surface area contributed by atoms with Gasteiger partial charge in [-0.25, -0.2) is 4.98 Å². The van der Waals surface area contributed by atoms with E-state index < -0.39 is 0 Å². The molecule has 0 aliphatic carbocycles. The van der Waals surface area contributed by atoms with Gasteiger partial charge in [0.1, 0.15) is 10.6 Å². The third-order valence-corrected chi connectivity index (χ3v) is 4.69. The van der Waals surface area contributed by atoms with E-state index in [4.69, 9.17) is 10.5 Å². The van der Waals surface area contributed by atoms with Gasteiger partial charge in [-0.05, 0) is 26.3 Å². The Morgan fingerprint density at radius 3 is 2.95 bits per heavy atom. The smallest absolute Gasteiger partial charge is 0.223 e. The maximum Gasteiger partial charge on any atom is 0.223 e. The molecule has 0 saturated carbocycles. The Kier molecular flexibility index (Phi) is 3.30. The van der Waals surface area contributed by atoms with Gasteiger partial charge in [-0.2, -0.15) is 4.98 Å². The van der Waals surface area contributed by atoms with Crippen LogP contribution in [0.3, 0.4) is 0 Å². The van der Waals surface area contributed by atoms with Crippen molar-refractivity contribution in [1.82, 2.24) is 9.97 Å². The van der Waals surface area contributed by atoms with E-state index in [-0.39, 0.29) is 5.60 Å². The highest BCUT2D eigenvalue weighted by Gasteiger charge is 2.29. The first-order valence-corrected chi connectivity index (χ1v) is 7.75. The largest absolute Gasteiger partial charge is 0.372 e. The Hall–Kier alpha value is -1.40. The minimum atomic E-state index is -0.159. The molecule has 0 bridgehead atoms. The van der Waals surface area contributed by atoms with Crippen LogP contribution in [0.15, 0.2) is 6.07 Å². The van der Waals surface area contributed by atoms with Crippen LogP contribution in [0, 0.1) is 0 Å². The molecular formula is C14H20N4OS. The summed E-state index contributed by atoms with van der Waals surface area (Å²) in [5.74, 6) is 1.29. The number of rotatable bonds is 2. The van der Waals surface area contributed by atoms with Gasteiger partial charge < -0.3 is 15.4 Å². The fourth-order valence-electron chi connectivity index (χ4n) is 2.58. The van der Waals surface area contributed by atoms with Gasteiger partial charge in [-0.15, -0.1) is 11.3 Å². The Morgan fingerprint density at radius 2 is 2.25 bits per heavy atom. The van der Waals surface area contributed by atoms with E-state index in [0.29, 0.717) is 12.6 Å². The van der Waals surface area contributed by atoms with Gasteiger partial charge in [-0.3, -0.25) is 0 Å². The van der Waals surface area contributed by atoms with Crippen LogP contribution in [0.2, 0.25) is 0 Å². The second kappa shape index (κ2) is 4.86. The molecule has 2 aromatic heterocycles. The van der Waals surface area contributed by atoms with Gasteiger partial charge in [0.15, 0.2) is 0 Å². The number of nitrogen functional groups attached to an aromatic ring is 1. The zero-order valence-electron chi connectivity index (χ0n) is 12.1. The molecule has 1 aliphatic heterocycles. The number of aromatic nitrogens is 2. The van der Waals surface area contributed by atoms with Crippen LogP contribution < -0.4 is 10.6 Å². The van der Waals surface area contributed by atoms with Crippen molar-refractivity contribution in [2.45, 2.75) is 32.8 Å². The molecule has 3 heterocycles. The normalized spacial score (nSPS) is 18.6. The van der Waals surface area contributed by atoms with E-state index in [1.54, 1.807) is 11.3 Å². The average molecular weight is 292 g/mol. The predicted molar refractivity (Wildman–Crippen MR) is 83.4 cm³/mol. The first-order chi connectivity index (χ1) is 9.48. The number of aryl methyl sites for hydroxylation is 1. The van der Waals surface area contributed by atoms with E-state index in [0.717, 1.165) is 35.5 Å². The maximum absolute atomic E-state index is 5.88. The number of hydrogen-bond acceptors (Lipinski definition) is 6. The Bertz CT molecular complexity index is 637. The molecule has 0 spiro atoms. The van der Waals surface area contributed by atoms with E-state index in [9.17, 15) is 0 Å². The number of thiophene rings is 1. The van der Waals surface area contributed by atoms with E-state index in [2.05, 4.69) is 41.7 Å². The number of nitrogens with zero attached hydrogens (tertiary/aromatic N) is 3. The standard InChI is InChI=1S/C14H20N4OS/c1-4-9-7-10-11(16-13(15)17-12(10)20-9)18-5-6-19-14(2,3)8-18/h7H,4-6,8H2,1-3H3,(H2,15,16,17). The van der Waals surface area contributed by atoms with Crippen molar-refractivity contribution in [3.8, 4) is 0 Å². The molecule has 3 rings (SSSR count). The van der Waals surface area contributed by atoms with Gasteiger partial charge in [0, 0.05) is 18.0 Å². The van der Waals surface area contributed by atoms with Gasteiger partial charge in [0.25, 0.3) is 0 Å². The fourth-order valence-corrected chi connectivity index (χ4v) is 3.55. The summed E-state index contributed by atoms with van der Waals surface area (Å²) in [5.41, 5.74) is 5.72. The van der Waals surface area contributed by atoms with Crippen LogP contribution in [0.5, 0.6) is 0 Å². The lowest BCUT2D eigenvalue weighted by atomic mass is 10.1. The molecule has 0 amide bonds. The number of fused-ring (bicyclic) bond motifs is 1. The third-order valence-electron chi connectivity index (χ3n) is 3.51. The summed E-state index contributed by atoms with van der Waals surface area (Å²) in [7, 11) is 0. The molecule has 0 radical (unpaired) electrons. The second-order valence-electron chi connectivity index (χ2n) is 5.72. The van der Waals surface area contributed by atoms with Crippen molar-refractivity contribution >= 4 is 33.3 Å². The molecule has 5 nitrogen and oxygen atoms in total. The summed E-state index contributed by atoms with van der Waals surface area (Å²) in [6, 6.07) is 2.19. The van der Waals surface area contributed by atoms with E-state index in [1.165, 1.54) is 4.88 Å². The van der Waals surface area contributed by atoms with Crippen LogP contribution in [0.25, 0.3) is 10.2 Å². The summed E-state index contributed by atoms with van der Waals surface area (Å²) in [6.45, 7) is 8.72. The molecule has 2 N–H and O–H groups in total. The number of nitrogens with two attached hydrogens (primary N) is 1. The Morgan fingerprint density at radius 1 is 1.45 bits per heavy atom. The average Bonchev–Trinajstić information content (AvgIpc) is 2.79. The predicted octanol–water partition coefficient (Wildman–Crippen LogP) is 2.45. The summed E-state index contributed by atoms with van der Waals surface area (Å²) < 4.78 is 5.77. The maximum atomic E-state index is 5.88. The molecule has 6 heteroatoms. The Balaban J connectivity index is 2.07. The summed E-state index contributed by atoms with van der Waals surface area (Å²) in [5, 5.41) is 1.11. The fraction of sp³-hybridized carbons (Fsp3) is 0.571. The number of morpholine rings is 1. The van der Waals surface area contributed by atoms with Crippen molar-refractivity contribution in [2.75, 3.05) is 30.3 Å². The minimum absolute atomic E-state index is 0.159. The monoisotopic (exact) mass is 292 g/mol. The summed E-state index contributed by atoms with van der Waals surface area (Å²) in [6.07, 6.45) is 1.01. The number of hydrogen-bond donors (Lipinski definition) is 1. The van der Waals surface area contributed by atoms with Crippen LogP contribution >= 0.6 is 11.3 Å². The second-order valence-corrected chi connectivity index (χ2v) is 6.84. The zero-order valence-corrected chi connectivity index (χ0v) is 13.0. The van der Waals surface area contributed by atoms with Crippen molar-refractivity contribution in [3.63, 3.8) is 0 Å². The molecule has 0 atom stereocenters. The Labute approximate surface area is 122 Å². The molecule has 0 aromatic carbocycles. The van der Waals surface area contributed by atoms with Crippen LogP contribution in [0.1, 0.15) is 25.6 Å². The van der Waals surface area contributed by atoms with Gasteiger partial charge in [0.05, 0.1) is 17.6 Å². The topological polar surface area (TPSA) is 64.3 Å². The zero-order chi connectivity index (χ0) is 14.3. The highest BCUT2D eigenvalue weighted by molar-refractivity contribution is 7.18. The first-order valence-electron chi connectivity index (χ1n) is 6.93. The minimum Gasteiger partial charge on any atom is -0.372 e. The molecule has 0 unspecified atom stereocenters. The van der Waals surface area contributed by atoms with E-state index in [1.807, 2.05) is 0 Å². The van der Waals surface area contributed by atoms with Gasteiger partial charge in [-0.1, -0.05) is 6.92 Å². The van der Waals surface area contributed by atoms with Crippen LogP contribution in [0.4, 0.5) is 11.8 Å². The highest BCUT2D eigenvalue weighted by atomic mass is 32.1. The van der Waals surface area contributed by atoms with Gasteiger partial charge >= 0.3 is 0 Å². The van der Waals surface area contributed by atoms with Crippen molar-refractivity contribution < 1.29 is 4.74 Å². The number of anilines is 2. The lowest BCUT2D eigenvalue weighted by molar-refractivity contribution is -0.0278. The summed E-state index contributed by atoms with van der Waals surface area (Å²) in [4.78, 5) is 13.4. The molecule has 1 fully saturated rings. The molecule has 20 heavy (non-hydrogen) atoms. The lowest BCUT2D eigenvalue weighted by Gasteiger charge is -2.39. The highest BCUT2D eigenvalue weighted by Crippen LogP contribution is 2.33. The number of ether oxygens (including phenoxy) is 1. The molecule has 108 valence electrons. The van der Waals surface area contributed by atoms with Crippen molar-refractivity contribution in [3.05, 3.63) is 10.9 Å². The molecule has 1 saturated heterocycles. The third kappa shape index (κ3) is 2.45. The SMILES string of the molecule is CCc1cc2c(N3CCOC(C)(C)C3)nc(N)nc2s1. The van der Waals surface area contributed by atoms with Crippen molar-refractivity contribution in [1.29, 1.82) is 0 Å². The molecular weight excluding hydrogens is 272 g/mol. The quantitative estimate of drug-likeness (QED) is 0.921. The van der Waals surface area contributed by atoms with Gasteiger partial charge in [0.2, 0.25) is 5.95 Å². The van der Waals surface area contributed by atoms with E-state index >= 15 is 0 Å².